The average molecular weight is 233 g/mol. The lowest BCUT2D eigenvalue weighted by atomic mass is 9.89. The SMILES string of the molecule is Nc1cc(C(=O)NCC2CCCCC2)ccn1. The van der Waals surface area contributed by atoms with Crippen molar-refractivity contribution in [2.24, 2.45) is 5.92 Å². The van der Waals surface area contributed by atoms with Crippen molar-refractivity contribution in [3.8, 4) is 0 Å². The Bertz CT molecular complexity index is 386. The van der Waals surface area contributed by atoms with Crippen molar-refractivity contribution >= 4 is 11.7 Å². The Balaban J connectivity index is 1.84. The Hall–Kier alpha value is -1.58. The number of rotatable bonds is 3. The highest BCUT2D eigenvalue weighted by Crippen LogP contribution is 2.22. The van der Waals surface area contributed by atoms with Crippen LogP contribution in [0.5, 0.6) is 0 Å². The average Bonchev–Trinajstić information content (AvgIpc) is 2.37. The number of nitrogens with zero attached hydrogens (tertiary/aromatic N) is 1. The van der Waals surface area contributed by atoms with E-state index >= 15 is 0 Å². The standard InChI is InChI=1S/C13H19N3O/c14-12-8-11(6-7-15-12)13(17)16-9-10-4-2-1-3-5-10/h6-8,10H,1-5,9H2,(H2,14,15)(H,16,17). The first-order chi connectivity index (χ1) is 8.25. The molecule has 4 nitrogen and oxygen atoms in total. The molecule has 1 amide bonds. The number of aromatic nitrogens is 1. The van der Waals surface area contributed by atoms with E-state index in [0.717, 1.165) is 6.54 Å². The van der Waals surface area contributed by atoms with Gasteiger partial charge in [0.1, 0.15) is 5.82 Å². The van der Waals surface area contributed by atoms with Gasteiger partial charge in [-0.15, -0.1) is 0 Å². The number of hydrogen-bond donors (Lipinski definition) is 2. The van der Waals surface area contributed by atoms with Crippen LogP contribution < -0.4 is 11.1 Å². The molecular formula is C13H19N3O. The summed E-state index contributed by atoms with van der Waals surface area (Å²) < 4.78 is 0. The number of nitrogens with one attached hydrogen (secondary N) is 1. The molecule has 92 valence electrons. The Morgan fingerprint density at radius 3 is 2.88 bits per heavy atom. The van der Waals surface area contributed by atoms with Gasteiger partial charge in [-0.05, 0) is 30.9 Å². The van der Waals surface area contributed by atoms with Crippen LogP contribution in [0, 0.1) is 5.92 Å². The molecular weight excluding hydrogens is 214 g/mol. The molecule has 0 unspecified atom stereocenters. The van der Waals surface area contributed by atoms with E-state index in [1.165, 1.54) is 32.1 Å². The number of anilines is 1. The van der Waals surface area contributed by atoms with Crippen LogP contribution in [0.1, 0.15) is 42.5 Å². The summed E-state index contributed by atoms with van der Waals surface area (Å²) in [5.41, 5.74) is 6.14. The van der Waals surface area contributed by atoms with Crippen LogP contribution in [0.2, 0.25) is 0 Å². The molecule has 0 aromatic carbocycles. The molecule has 1 aliphatic carbocycles. The highest BCUT2D eigenvalue weighted by Gasteiger charge is 2.14. The van der Waals surface area contributed by atoms with Crippen LogP contribution in [-0.4, -0.2) is 17.4 Å². The van der Waals surface area contributed by atoms with Gasteiger partial charge in [-0.2, -0.15) is 0 Å². The first-order valence-electron chi connectivity index (χ1n) is 6.25. The third-order valence-electron chi connectivity index (χ3n) is 3.32. The van der Waals surface area contributed by atoms with Crippen molar-refractivity contribution in [1.29, 1.82) is 0 Å². The number of carbonyl (C=O) groups is 1. The van der Waals surface area contributed by atoms with Gasteiger partial charge >= 0.3 is 0 Å². The zero-order valence-corrected chi connectivity index (χ0v) is 9.98. The van der Waals surface area contributed by atoms with Crippen molar-refractivity contribution in [3.05, 3.63) is 23.9 Å². The molecule has 0 bridgehead atoms. The lowest BCUT2D eigenvalue weighted by molar-refractivity contribution is 0.0943. The zero-order chi connectivity index (χ0) is 12.1. The molecule has 1 heterocycles. The fraction of sp³-hybridized carbons (Fsp3) is 0.538. The molecule has 4 heteroatoms. The summed E-state index contributed by atoms with van der Waals surface area (Å²) in [5.74, 6) is 0.979. The first kappa shape index (κ1) is 11.9. The third kappa shape index (κ3) is 3.44. The first-order valence-corrected chi connectivity index (χ1v) is 6.25. The van der Waals surface area contributed by atoms with Crippen LogP contribution in [0.4, 0.5) is 5.82 Å². The molecule has 0 spiro atoms. The van der Waals surface area contributed by atoms with Crippen molar-refractivity contribution < 1.29 is 4.79 Å². The zero-order valence-electron chi connectivity index (χ0n) is 9.98. The normalized spacial score (nSPS) is 16.7. The number of carbonyl (C=O) groups excluding carboxylic acids is 1. The van der Waals surface area contributed by atoms with Crippen LogP contribution >= 0.6 is 0 Å². The van der Waals surface area contributed by atoms with E-state index in [0.29, 0.717) is 17.3 Å². The number of hydrogen-bond acceptors (Lipinski definition) is 3. The fourth-order valence-electron chi connectivity index (χ4n) is 2.32. The van der Waals surface area contributed by atoms with Gasteiger partial charge in [0, 0.05) is 18.3 Å². The van der Waals surface area contributed by atoms with Crippen LogP contribution in [-0.2, 0) is 0 Å². The van der Waals surface area contributed by atoms with Gasteiger partial charge in [-0.3, -0.25) is 4.79 Å². The van der Waals surface area contributed by atoms with E-state index in [-0.39, 0.29) is 5.91 Å². The Kier molecular flexibility index (Phi) is 3.96. The number of pyridine rings is 1. The fourth-order valence-corrected chi connectivity index (χ4v) is 2.32. The molecule has 0 aliphatic heterocycles. The molecule has 1 aliphatic rings. The molecule has 1 saturated carbocycles. The summed E-state index contributed by atoms with van der Waals surface area (Å²) in [4.78, 5) is 15.7. The van der Waals surface area contributed by atoms with Crippen LogP contribution in [0.15, 0.2) is 18.3 Å². The maximum atomic E-state index is 11.8. The van der Waals surface area contributed by atoms with E-state index in [9.17, 15) is 4.79 Å². The molecule has 3 N–H and O–H groups in total. The van der Waals surface area contributed by atoms with Crippen LogP contribution in [0.3, 0.4) is 0 Å². The minimum atomic E-state index is -0.0512. The second kappa shape index (κ2) is 5.66. The van der Waals surface area contributed by atoms with Crippen molar-refractivity contribution in [1.82, 2.24) is 10.3 Å². The summed E-state index contributed by atoms with van der Waals surface area (Å²) >= 11 is 0. The van der Waals surface area contributed by atoms with Gasteiger partial charge in [-0.25, -0.2) is 4.98 Å². The van der Waals surface area contributed by atoms with Gasteiger partial charge < -0.3 is 11.1 Å². The van der Waals surface area contributed by atoms with Gasteiger partial charge in [-0.1, -0.05) is 19.3 Å². The van der Waals surface area contributed by atoms with E-state index < -0.39 is 0 Å². The topological polar surface area (TPSA) is 68.0 Å². The van der Waals surface area contributed by atoms with E-state index in [2.05, 4.69) is 10.3 Å². The Labute approximate surface area is 102 Å². The summed E-state index contributed by atoms with van der Waals surface area (Å²) in [5, 5.41) is 2.97. The number of nitrogen functional groups attached to an aromatic ring is 1. The monoisotopic (exact) mass is 233 g/mol. The van der Waals surface area contributed by atoms with Gasteiger partial charge in [0.05, 0.1) is 0 Å². The lowest BCUT2D eigenvalue weighted by Crippen LogP contribution is -2.30. The Morgan fingerprint density at radius 2 is 2.18 bits per heavy atom. The number of amides is 1. The summed E-state index contributed by atoms with van der Waals surface area (Å²) in [6, 6.07) is 3.29. The smallest absolute Gasteiger partial charge is 0.251 e. The quantitative estimate of drug-likeness (QED) is 0.838. The number of nitrogens with two attached hydrogens (primary N) is 1. The summed E-state index contributed by atoms with van der Waals surface area (Å²) in [7, 11) is 0. The highest BCUT2D eigenvalue weighted by atomic mass is 16.1. The maximum absolute atomic E-state index is 11.8. The molecule has 17 heavy (non-hydrogen) atoms. The Morgan fingerprint density at radius 1 is 1.41 bits per heavy atom. The second-order valence-electron chi connectivity index (χ2n) is 4.68. The molecule has 1 aromatic rings. The van der Waals surface area contributed by atoms with E-state index in [4.69, 9.17) is 5.73 Å². The minimum absolute atomic E-state index is 0.0512. The minimum Gasteiger partial charge on any atom is -0.384 e. The predicted octanol–water partition coefficient (Wildman–Crippen LogP) is 1.97. The molecule has 0 saturated heterocycles. The molecule has 1 aromatic heterocycles. The summed E-state index contributed by atoms with van der Waals surface area (Å²) in [6.45, 7) is 0.779. The maximum Gasteiger partial charge on any atom is 0.251 e. The highest BCUT2D eigenvalue weighted by molar-refractivity contribution is 5.94. The molecule has 1 fully saturated rings. The lowest BCUT2D eigenvalue weighted by Gasteiger charge is -2.21. The summed E-state index contributed by atoms with van der Waals surface area (Å²) in [6.07, 6.45) is 7.96. The molecule has 0 radical (unpaired) electrons. The second-order valence-corrected chi connectivity index (χ2v) is 4.68. The molecule has 0 atom stereocenters. The van der Waals surface area contributed by atoms with E-state index in [1.54, 1.807) is 18.3 Å². The van der Waals surface area contributed by atoms with Gasteiger partial charge in [0.25, 0.3) is 5.91 Å². The van der Waals surface area contributed by atoms with Crippen molar-refractivity contribution in [2.75, 3.05) is 12.3 Å². The largest absolute Gasteiger partial charge is 0.384 e. The van der Waals surface area contributed by atoms with Gasteiger partial charge in [0.15, 0.2) is 0 Å². The van der Waals surface area contributed by atoms with Crippen molar-refractivity contribution in [2.45, 2.75) is 32.1 Å². The third-order valence-corrected chi connectivity index (χ3v) is 3.32. The van der Waals surface area contributed by atoms with Crippen molar-refractivity contribution in [3.63, 3.8) is 0 Å². The molecule has 2 rings (SSSR count). The van der Waals surface area contributed by atoms with E-state index in [1.807, 2.05) is 0 Å². The van der Waals surface area contributed by atoms with Crippen LogP contribution in [0.25, 0.3) is 0 Å². The predicted molar refractivity (Wildman–Crippen MR) is 67.6 cm³/mol. The van der Waals surface area contributed by atoms with Gasteiger partial charge in [0.2, 0.25) is 0 Å².